The number of carbonyl (C=O) groups excluding carboxylic acids is 3. The van der Waals surface area contributed by atoms with E-state index in [-0.39, 0.29) is 55.7 Å². The van der Waals surface area contributed by atoms with Crippen LogP contribution in [0.3, 0.4) is 0 Å². The Hall–Kier alpha value is -4.43. The van der Waals surface area contributed by atoms with Crippen LogP contribution in [0.5, 0.6) is 0 Å². The van der Waals surface area contributed by atoms with Crippen molar-refractivity contribution in [3.63, 3.8) is 0 Å². The Balaban J connectivity index is 0.587. The van der Waals surface area contributed by atoms with Crippen molar-refractivity contribution in [1.82, 2.24) is 35.0 Å². The number of nitrogens with zero attached hydrogens (tertiary/aromatic N) is 5. The van der Waals surface area contributed by atoms with Gasteiger partial charge in [0.25, 0.3) is 0 Å². The average Bonchev–Trinajstić information content (AvgIpc) is 2.15. The van der Waals surface area contributed by atoms with Gasteiger partial charge in [-0.3, -0.25) is 14.5 Å². The summed E-state index contributed by atoms with van der Waals surface area (Å²) in [5.41, 5.74) is 11.4. The molecule has 6 N–H and O–H groups in total. The summed E-state index contributed by atoms with van der Waals surface area (Å²) in [5.74, 6) is 5.96. The van der Waals surface area contributed by atoms with Crippen LogP contribution in [0.15, 0.2) is 29.8 Å². The number of benzene rings is 1. The van der Waals surface area contributed by atoms with Crippen molar-refractivity contribution in [3.8, 4) is 0 Å². The third-order valence-electron chi connectivity index (χ3n) is 20.2. The van der Waals surface area contributed by atoms with E-state index in [9.17, 15) is 24.6 Å². The number of aromatic nitrogens is 3. The molecule has 5 aliphatic rings. The number of anilines is 1. The predicted octanol–water partition coefficient (Wildman–Crippen LogP) is 8.64. The predicted molar refractivity (Wildman–Crippen MR) is 325 cm³/mol. The van der Waals surface area contributed by atoms with Gasteiger partial charge in [-0.15, -0.1) is 0 Å². The van der Waals surface area contributed by atoms with Crippen molar-refractivity contribution in [1.29, 1.82) is 0 Å². The molecule has 1 saturated heterocycles. The minimum Gasteiger partial charge on any atom is -0.446 e. The summed E-state index contributed by atoms with van der Waals surface area (Å²) in [6.07, 6.45) is 18.2. The zero-order valence-corrected chi connectivity index (χ0v) is 51.7. The number of aryl methyl sites for hydroxylation is 2. The van der Waals surface area contributed by atoms with Crippen LogP contribution in [0, 0.1) is 58.7 Å². The van der Waals surface area contributed by atoms with Gasteiger partial charge in [-0.25, -0.2) is 14.8 Å². The fourth-order valence-corrected chi connectivity index (χ4v) is 15.3. The second kappa shape index (κ2) is 30.3. The number of rotatable bonds is 32. The molecule has 3 amide bonds. The summed E-state index contributed by atoms with van der Waals surface area (Å²) in [6, 6.07) is 6.29. The molecule has 464 valence electrons. The molecule has 8 rings (SSSR count). The molecule has 4 fully saturated rings. The molecule has 83 heavy (non-hydrogen) atoms. The van der Waals surface area contributed by atoms with Crippen LogP contribution >= 0.6 is 0 Å². The lowest BCUT2D eigenvalue weighted by Crippen LogP contribution is -2.51. The fraction of sp³-hybridized carbons (Fsp3) is 0.769. The maximum Gasteiger partial charge on any atom is 0.407 e. The fourth-order valence-electron chi connectivity index (χ4n) is 15.3. The maximum atomic E-state index is 12.9. The van der Waals surface area contributed by atoms with Crippen LogP contribution in [0.1, 0.15) is 143 Å². The number of hydrogen-bond donors (Lipinski definition) is 5. The van der Waals surface area contributed by atoms with Gasteiger partial charge in [0.05, 0.1) is 83.5 Å². The Labute approximate surface area is 495 Å². The van der Waals surface area contributed by atoms with Gasteiger partial charge in [0, 0.05) is 69.5 Å². The Bertz CT molecular complexity index is 2620. The number of aliphatic hydroxyl groups is 2. The molecular formula is C65H104N8O10. The van der Waals surface area contributed by atoms with Crippen LogP contribution in [0.4, 0.5) is 10.6 Å². The van der Waals surface area contributed by atoms with E-state index in [1.165, 1.54) is 62.5 Å². The molecule has 4 aliphatic carbocycles. The number of carbonyl (C=O) groups is 3. The average molecular weight is 1160 g/mol. The number of aliphatic hydroxyl groups excluding tert-OH is 2. The standard InChI is InChI=1S/C65H104N8O10/c1-45(2)10-8-11-46(3)53-17-18-54-51-16-14-49-41-50(19-23-64(49,6)55(51)20-24-65(53,54)7)83-62(78)68-26-35-82-38-36-79-32-21-57(76)67-25-34-81-39-37-80-33-22-58(77)72-30-28-71(29-31-72)27-9-12-48-13-15-52-56(40-48)70-61(66)59-60(52)73(47(4)69-59)42-63(5,43-74)44-75/h13-15,40,45-46,50-51,53-55,74-75H,8-12,16-39,41-44H2,1-7H3,(H2,66,70)(H,67,76)(H,68,78)/t46-,50+,51+,53-,54+,55+,64+,65-/m1/s1. The van der Waals surface area contributed by atoms with Gasteiger partial charge in [-0.1, -0.05) is 84.6 Å². The number of nitrogen functional groups attached to an aromatic ring is 1. The molecule has 0 bridgehead atoms. The molecule has 0 radical (unpaired) electrons. The molecule has 0 spiro atoms. The number of amides is 3. The summed E-state index contributed by atoms with van der Waals surface area (Å²) < 4.78 is 30.5. The second-order valence-electron chi connectivity index (χ2n) is 26.5. The maximum absolute atomic E-state index is 12.9. The molecule has 3 saturated carbocycles. The van der Waals surface area contributed by atoms with Crippen LogP contribution in [0.25, 0.3) is 21.9 Å². The van der Waals surface area contributed by atoms with E-state index in [0.717, 1.165) is 109 Å². The first-order valence-electron chi connectivity index (χ1n) is 31.9. The highest BCUT2D eigenvalue weighted by Gasteiger charge is 2.59. The minimum atomic E-state index is -0.708. The third-order valence-corrected chi connectivity index (χ3v) is 20.2. The van der Waals surface area contributed by atoms with E-state index in [1.54, 1.807) is 0 Å². The third kappa shape index (κ3) is 16.6. The van der Waals surface area contributed by atoms with Gasteiger partial charge >= 0.3 is 6.09 Å². The van der Waals surface area contributed by atoms with E-state index < -0.39 is 5.41 Å². The number of nitrogens with two attached hydrogens (primary N) is 1. The molecule has 8 atom stereocenters. The Morgan fingerprint density at radius 2 is 1.52 bits per heavy atom. The molecule has 1 aliphatic heterocycles. The lowest BCUT2D eigenvalue weighted by molar-refractivity contribution is -0.134. The van der Waals surface area contributed by atoms with Crippen molar-refractivity contribution in [2.45, 2.75) is 157 Å². The lowest BCUT2D eigenvalue weighted by atomic mass is 9.47. The molecule has 2 aromatic heterocycles. The summed E-state index contributed by atoms with van der Waals surface area (Å²) >= 11 is 0. The normalized spacial score (nSPS) is 25.1. The van der Waals surface area contributed by atoms with Gasteiger partial charge in [0.1, 0.15) is 17.4 Å². The first-order chi connectivity index (χ1) is 39.9. The first kappa shape index (κ1) is 64.6. The second-order valence-corrected chi connectivity index (χ2v) is 26.5. The largest absolute Gasteiger partial charge is 0.446 e. The summed E-state index contributed by atoms with van der Waals surface area (Å²) in [5, 5.41) is 26.6. The van der Waals surface area contributed by atoms with Crippen LogP contribution in [0.2, 0.25) is 0 Å². The van der Waals surface area contributed by atoms with Gasteiger partial charge < -0.3 is 59.7 Å². The van der Waals surface area contributed by atoms with E-state index >= 15 is 0 Å². The monoisotopic (exact) mass is 1160 g/mol. The Morgan fingerprint density at radius 3 is 2.23 bits per heavy atom. The Kier molecular flexibility index (Phi) is 23.5. The molecule has 1 aromatic carbocycles. The van der Waals surface area contributed by atoms with E-state index in [2.05, 4.69) is 84.4 Å². The highest BCUT2D eigenvalue weighted by atomic mass is 16.6. The van der Waals surface area contributed by atoms with Crippen molar-refractivity contribution in [2.24, 2.45) is 51.8 Å². The molecule has 18 nitrogen and oxygen atoms in total. The zero-order chi connectivity index (χ0) is 59.2. The van der Waals surface area contributed by atoms with E-state index in [4.69, 9.17) is 29.4 Å². The number of piperazine rings is 1. The number of allylic oxidation sites excluding steroid dienone is 1. The molecule has 0 unspecified atom stereocenters. The van der Waals surface area contributed by atoms with Crippen molar-refractivity contribution < 1.29 is 48.3 Å². The minimum absolute atomic E-state index is 0.0832. The van der Waals surface area contributed by atoms with Crippen molar-refractivity contribution >= 4 is 45.7 Å². The molecular weight excluding hydrogens is 1050 g/mol. The SMILES string of the molecule is Cc1nc2c(N)nc3cc(CCCN4CCN(C(=O)CCOCCOCCNC(=O)CCOCCOCCNC(=O)O[C@H]5CC[C@@]6(C)C(=CC[C@H]7[C@@H]8CC[C@H]([C@H](C)CCCC(C)C)[C@@]8(C)CC[C@@H]76)C5)CC4)ccc3c2n1CC(C)(CO)CO. The van der Waals surface area contributed by atoms with Crippen LogP contribution < -0.4 is 16.4 Å². The van der Waals surface area contributed by atoms with Crippen molar-refractivity contribution in [2.75, 3.05) is 118 Å². The highest BCUT2D eigenvalue weighted by Crippen LogP contribution is 2.67. The van der Waals surface area contributed by atoms with E-state index in [0.29, 0.717) is 102 Å². The number of ether oxygens (including phenoxy) is 5. The van der Waals surface area contributed by atoms with Crippen LogP contribution in [-0.4, -0.2) is 170 Å². The quantitative estimate of drug-likeness (QED) is 0.0292. The smallest absolute Gasteiger partial charge is 0.407 e. The van der Waals surface area contributed by atoms with Gasteiger partial charge in [-0.2, -0.15) is 0 Å². The highest BCUT2D eigenvalue weighted by molar-refractivity contribution is 6.06. The summed E-state index contributed by atoms with van der Waals surface area (Å²) in [7, 11) is 0. The van der Waals surface area contributed by atoms with Gasteiger partial charge in [0.2, 0.25) is 11.8 Å². The zero-order valence-electron chi connectivity index (χ0n) is 51.7. The van der Waals surface area contributed by atoms with Gasteiger partial charge in [0.15, 0.2) is 5.82 Å². The number of fused-ring (bicyclic) bond motifs is 8. The molecule has 3 heterocycles. The molecule has 3 aromatic rings. The topological polar surface area (TPSA) is 225 Å². The summed E-state index contributed by atoms with van der Waals surface area (Å²) in [6.45, 7) is 23.8. The number of imidazole rings is 1. The van der Waals surface area contributed by atoms with Crippen molar-refractivity contribution in [3.05, 3.63) is 41.2 Å². The Morgan fingerprint density at radius 1 is 0.819 bits per heavy atom. The number of alkyl carbamates (subject to hydrolysis) is 1. The number of pyridine rings is 1. The summed E-state index contributed by atoms with van der Waals surface area (Å²) in [4.78, 5) is 51.7. The number of hydrogen-bond acceptors (Lipinski definition) is 14. The van der Waals surface area contributed by atoms with Gasteiger partial charge in [-0.05, 0) is 129 Å². The van der Waals surface area contributed by atoms with Crippen LogP contribution in [-0.2, 0) is 46.2 Å². The van der Waals surface area contributed by atoms with E-state index in [1.807, 2.05) is 23.3 Å². The lowest BCUT2D eigenvalue weighted by Gasteiger charge is -2.58. The number of nitrogens with one attached hydrogen (secondary N) is 2. The first-order valence-corrected chi connectivity index (χ1v) is 31.9. The molecule has 18 heteroatoms.